The van der Waals surface area contributed by atoms with Gasteiger partial charge in [0.25, 0.3) is 0 Å². The summed E-state index contributed by atoms with van der Waals surface area (Å²) in [5.74, 6) is 1.08. The highest BCUT2D eigenvalue weighted by Gasteiger charge is 2.37. The molecule has 1 aromatic heterocycles. The summed E-state index contributed by atoms with van der Waals surface area (Å²) in [6.45, 7) is 12.6. The molecule has 0 saturated heterocycles. The molecule has 0 aliphatic heterocycles. The third kappa shape index (κ3) is 4.48. The molecule has 0 radical (unpaired) electrons. The third-order valence-corrected chi connectivity index (χ3v) is 9.14. The first-order chi connectivity index (χ1) is 11.2. The highest BCUT2D eigenvalue weighted by atomic mass is 79.9. The Morgan fingerprint density at radius 3 is 2.67 bits per heavy atom. The average Bonchev–Trinajstić information content (AvgIpc) is 2.82. The monoisotopic (exact) mass is 412 g/mol. The lowest BCUT2D eigenvalue weighted by Gasteiger charge is -2.35. The van der Waals surface area contributed by atoms with Crippen LogP contribution in [0.1, 0.15) is 33.0 Å². The zero-order valence-electron chi connectivity index (χ0n) is 15.4. The van der Waals surface area contributed by atoms with Crippen LogP contribution in [0.5, 0.6) is 0 Å². The number of rotatable bonds is 8. The zero-order valence-corrected chi connectivity index (χ0v) is 18.0. The fourth-order valence-electron chi connectivity index (χ4n) is 2.62. The second-order valence-electron chi connectivity index (χ2n) is 7.45. The van der Waals surface area contributed by atoms with Gasteiger partial charge in [0.2, 0.25) is 0 Å². The number of benzene rings is 1. The summed E-state index contributed by atoms with van der Waals surface area (Å²) < 4.78 is 8.87. The Labute approximate surface area is 154 Å². The van der Waals surface area contributed by atoms with E-state index in [2.05, 4.69) is 46.5 Å². The summed E-state index contributed by atoms with van der Waals surface area (Å²) in [4.78, 5) is 15.4. The lowest BCUT2D eigenvalue weighted by atomic mass is 10.1. The second kappa shape index (κ2) is 7.68. The Balaban J connectivity index is 2.29. The van der Waals surface area contributed by atoms with E-state index in [1.54, 1.807) is 0 Å². The molecule has 4 nitrogen and oxygen atoms in total. The minimum atomic E-state index is -2.20. The fraction of sp³-hybridized carbons (Fsp3) is 0.611. The van der Waals surface area contributed by atoms with Crippen molar-refractivity contribution in [3.05, 3.63) is 28.5 Å². The van der Waals surface area contributed by atoms with Crippen LogP contribution in [0.4, 0.5) is 0 Å². The van der Waals surface area contributed by atoms with Crippen LogP contribution in [0.2, 0.25) is 18.1 Å². The molecule has 1 aromatic carbocycles. The number of hydrogen-bond acceptors (Lipinski definition) is 3. The van der Waals surface area contributed by atoms with Gasteiger partial charge in [-0.25, -0.2) is 4.98 Å². The van der Waals surface area contributed by atoms with Crippen LogP contribution < -0.4 is 0 Å². The highest BCUT2D eigenvalue weighted by Crippen LogP contribution is 2.39. The number of aryl methyl sites for hydroxylation is 1. The molecule has 0 bridgehead atoms. The number of fused-ring (bicyclic) bond motifs is 1. The quantitative estimate of drug-likeness (QED) is 0.502. The summed E-state index contributed by atoms with van der Waals surface area (Å²) in [5, 5.41) is -0.0452. The Bertz CT molecular complexity index is 692. The van der Waals surface area contributed by atoms with Crippen LogP contribution in [0, 0.1) is 0 Å². The second-order valence-corrected chi connectivity index (χ2v) is 12.8. The Morgan fingerprint density at radius 1 is 1.33 bits per heavy atom. The maximum Gasteiger partial charge on any atom is 0.188 e. The normalized spacial score (nSPS) is 13.0. The van der Waals surface area contributed by atoms with Gasteiger partial charge in [-0.2, -0.15) is 0 Å². The zero-order chi connectivity index (χ0) is 18.0. The number of aromatic nitrogens is 2. The van der Waals surface area contributed by atoms with Gasteiger partial charge in [-0.15, -0.1) is 0 Å². The van der Waals surface area contributed by atoms with Crippen molar-refractivity contribution in [3.63, 3.8) is 0 Å². The van der Waals surface area contributed by atoms with Crippen LogP contribution in [-0.4, -0.2) is 35.9 Å². The van der Waals surface area contributed by atoms with Gasteiger partial charge < -0.3 is 14.1 Å². The molecule has 134 valence electrons. The van der Waals surface area contributed by atoms with Crippen molar-refractivity contribution in [2.45, 2.75) is 58.3 Å². The first-order valence-corrected chi connectivity index (χ1v) is 12.3. The minimum absolute atomic E-state index is 0.0452. The van der Waals surface area contributed by atoms with Crippen LogP contribution in [-0.2, 0) is 17.7 Å². The van der Waals surface area contributed by atoms with Crippen molar-refractivity contribution in [2.24, 2.45) is 0 Å². The predicted molar refractivity (Wildman–Crippen MR) is 106 cm³/mol. The molecule has 0 aliphatic carbocycles. The van der Waals surface area contributed by atoms with E-state index in [9.17, 15) is 4.80 Å². The van der Waals surface area contributed by atoms with Gasteiger partial charge in [0.1, 0.15) is 5.82 Å². The maximum absolute atomic E-state index is 10.5. The van der Waals surface area contributed by atoms with Gasteiger partial charge in [0, 0.05) is 24.0 Å². The Kier molecular flexibility index (Phi) is 6.28. The molecule has 24 heavy (non-hydrogen) atoms. The lowest BCUT2D eigenvalue weighted by Crippen LogP contribution is -2.39. The van der Waals surface area contributed by atoms with Gasteiger partial charge in [-0.1, -0.05) is 29.8 Å². The summed E-state index contributed by atoms with van der Waals surface area (Å²) >= 11 is 3.55. The van der Waals surface area contributed by atoms with E-state index in [1.165, 1.54) is 0 Å². The van der Waals surface area contributed by atoms with E-state index in [4.69, 9.17) is 9.72 Å². The molecule has 0 spiro atoms. The van der Waals surface area contributed by atoms with E-state index in [-0.39, 0.29) is 5.04 Å². The van der Waals surface area contributed by atoms with Gasteiger partial charge in [-0.05, 0) is 49.7 Å². The molecule has 0 atom stereocenters. The van der Waals surface area contributed by atoms with Crippen LogP contribution >= 0.6 is 15.9 Å². The molecule has 0 saturated carbocycles. The summed E-state index contributed by atoms with van der Waals surface area (Å²) in [6.07, 6.45) is 1.80. The number of nitrogens with zero attached hydrogens (tertiary/aromatic N) is 2. The van der Waals surface area contributed by atoms with Crippen molar-refractivity contribution in [2.75, 3.05) is 13.2 Å². The number of imidazole rings is 1. The highest BCUT2D eigenvalue weighted by molar-refractivity contribution is 9.10. The molecular formula is C18H29BrN2O2Si. The first-order valence-electron chi connectivity index (χ1n) is 8.60. The van der Waals surface area contributed by atoms with Gasteiger partial charge >= 0.3 is 0 Å². The number of ether oxygens (including phenoxy) is 1. The summed E-state index contributed by atoms with van der Waals surface area (Å²) in [5.41, 5.74) is 2.15. The van der Waals surface area contributed by atoms with Crippen molar-refractivity contribution in [3.8, 4) is 0 Å². The first kappa shape index (κ1) is 19.6. The minimum Gasteiger partial charge on any atom is -0.432 e. The molecule has 2 rings (SSSR count). The van der Waals surface area contributed by atoms with Crippen molar-refractivity contribution in [1.82, 2.24) is 9.55 Å². The standard InChI is InChI=1S/C18H29BrN2O2Si/c1-6-23-12-11-21-16-13-14(19)7-8-15(16)20-17(21)9-10-18(2,3)24(4,5)22/h7-8,13,22H,6,9-12H2,1-5H3. The SMILES string of the molecule is CCOCCn1c(CCC(C)(C)[Si](C)(C)O)nc2ccc(Br)cc21. The topological polar surface area (TPSA) is 47.3 Å². The average molecular weight is 413 g/mol. The number of halogens is 1. The lowest BCUT2D eigenvalue weighted by molar-refractivity contribution is 0.139. The van der Waals surface area contributed by atoms with Crippen LogP contribution in [0.15, 0.2) is 22.7 Å². The molecule has 0 fully saturated rings. The van der Waals surface area contributed by atoms with E-state index >= 15 is 0 Å². The van der Waals surface area contributed by atoms with Crippen LogP contribution in [0.25, 0.3) is 11.0 Å². The molecule has 0 aliphatic rings. The summed E-state index contributed by atoms with van der Waals surface area (Å²) in [7, 11) is -2.20. The third-order valence-electron chi connectivity index (χ3n) is 5.08. The van der Waals surface area contributed by atoms with E-state index in [1.807, 2.05) is 26.1 Å². The maximum atomic E-state index is 10.5. The van der Waals surface area contributed by atoms with E-state index < -0.39 is 8.32 Å². The van der Waals surface area contributed by atoms with Crippen molar-refractivity contribution >= 4 is 35.3 Å². The van der Waals surface area contributed by atoms with Crippen molar-refractivity contribution < 1.29 is 9.53 Å². The van der Waals surface area contributed by atoms with Gasteiger partial charge in [-0.3, -0.25) is 0 Å². The van der Waals surface area contributed by atoms with E-state index in [0.717, 1.165) is 47.3 Å². The molecular weight excluding hydrogens is 384 g/mol. The summed E-state index contributed by atoms with van der Waals surface area (Å²) in [6, 6.07) is 6.20. The predicted octanol–water partition coefficient (Wildman–Crippen LogP) is 4.75. The molecule has 1 N–H and O–H groups in total. The molecule has 1 heterocycles. The van der Waals surface area contributed by atoms with Crippen molar-refractivity contribution in [1.29, 1.82) is 0 Å². The van der Waals surface area contributed by atoms with Gasteiger partial charge in [0.05, 0.1) is 17.6 Å². The number of hydrogen-bond donors (Lipinski definition) is 1. The largest absolute Gasteiger partial charge is 0.432 e. The van der Waals surface area contributed by atoms with E-state index in [0.29, 0.717) is 6.61 Å². The molecule has 2 aromatic rings. The smallest absolute Gasteiger partial charge is 0.188 e. The van der Waals surface area contributed by atoms with Crippen LogP contribution in [0.3, 0.4) is 0 Å². The van der Waals surface area contributed by atoms with Gasteiger partial charge in [0.15, 0.2) is 8.32 Å². The Hall–Kier alpha value is -0.693. The molecule has 0 amide bonds. The molecule has 0 unspecified atom stereocenters. The fourth-order valence-corrected chi connectivity index (χ4v) is 3.70. The molecule has 6 heteroatoms. The Morgan fingerprint density at radius 2 is 2.04 bits per heavy atom.